The fourth-order valence-electron chi connectivity index (χ4n) is 3.54. The fourth-order valence-corrected chi connectivity index (χ4v) is 3.54. The molecule has 2 atom stereocenters. The first-order valence-electron chi connectivity index (χ1n) is 9.34. The van der Waals surface area contributed by atoms with Crippen LogP contribution in [0.2, 0.25) is 0 Å². The van der Waals surface area contributed by atoms with E-state index in [1.165, 1.54) is 17.7 Å². The van der Waals surface area contributed by atoms with E-state index in [4.69, 9.17) is 5.73 Å². The van der Waals surface area contributed by atoms with Gasteiger partial charge in [-0.25, -0.2) is 0 Å². The van der Waals surface area contributed by atoms with E-state index in [9.17, 15) is 13.6 Å². The molecule has 8 heteroatoms. The molecule has 1 aliphatic heterocycles. The lowest BCUT2D eigenvalue weighted by atomic mass is 9.95. The summed E-state index contributed by atoms with van der Waals surface area (Å²) in [6, 6.07) is 16.6. The molecule has 1 fully saturated rings. The zero-order chi connectivity index (χ0) is 19.9. The summed E-state index contributed by atoms with van der Waals surface area (Å²) in [5.41, 5.74) is 8.41. The number of alkyl halides is 2. The zero-order valence-corrected chi connectivity index (χ0v) is 16.8. The Morgan fingerprint density at radius 1 is 1.14 bits per heavy atom. The maximum atomic E-state index is 12.2. The number of nitrogens with one attached hydrogen (secondary N) is 1. The first-order valence-corrected chi connectivity index (χ1v) is 9.34. The molecule has 0 radical (unpaired) electrons. The van der Waals surface area contributed by atoms with Gasteiger partial charge in [0.2, 0.25) is 5.91 Å². The number of hydrogen-bond acceptors (Lipinski definition) is 4. The Morgan fingerprint density at radius 2 is 1.83 bits per heavy atom. The molecule has 158 valence electrons. The number of likely N-dealkylation sites (tertiary alicyclic amines) is 1. The molecule has 5 nitrogen and oxygen atoms in total. The zero-order valence-electron chi connectivity index (χ0n) is 16.0. The van der Waals surface area contributed by atoms with Crippen molar-refractivity contribution in [1.29, 1.82) is 0 Å². The summed E-state index contributed by atoms with van der Waals surface area (Å²) in [7, 11) is 0. The molecule has 1 aliphatic rings. The molecule has 0 spiro atoms. The number of rotatable bonds is 8. The Bertz CT molecular complexity index is 762. The van der Waals surface area contributed by atoms with Crippen molar-refractivity contribution < 1.29 is 18.3 Å². The maximum Gasteiger partial charge on any atom is 0.387 e. The number of hydrogen-bond donors (Lipinski definition) is 2. The van der Waals surface area contributed by atoms with Crippen LogP contribution in [0.1, 0.15) is 17.0 Å². The Morgan fingerprint density at radius 3 is 2.48 bits per heavy atom. The lowest BCUT2D eigenvalue weighted by Gasteiger charge is -2.16. The van der Waals surface area contributed by atoms with E-state index in [-0.39, 0.29) is 36.0 Å². The van der Waals surface area contributed by atoms with E-state index in [1.807, 2.05) is 18.2 Å². The van der Waals surface area contributed by atoms with Gasteiger partial charge in [-0.05, 0) is 29.7 Å². The van der Waals surface area contributed by atoms with Gasteiger partial charge in [-0.15, -0.1) is 12.4 Å². The molecule has 0 unspecified atom stereocenters. The quantitative estimate of drug-likeness (QED) is 0.682. The Kier molecular flexibility index (Phi) is 8.82. The topological polar surface area (TPSA) is 67.6 Å². The second kappa shape index (κ2) is 11.1. The predicted octanol–water partition coefficient (Wildman–Crippen LogP) is 2.80. The van der Waals surface area contributed by atoms with Gasteiger partial charge in [-0.3, -0.25) is 9.69 Å². The molecule has 2 aromatic rings. The molecule has 2 aromatic carbocycles. The van der Waals surface area contributed by atoms with Gasteiger partial charge >= 0.3 is 6.61 Å². The standard InChI is InChI=1S/C21H25F2N3O2.ClH/c22-21(23)28-17-8-6-15(7-9-17)10-11-25-20(27)14-26-12-18(19(24)13-26)16-4-2-1-3-5-16;/h1-9,18-19,21H,10-14,24H2,(H,25,27);1H/t18-,19+;/m0./s1. The lowest BCUT2D eigenvalue weighted by molar-refractivity contribution is -0.122. The molecule has 1 heterocycles. The van der Waals surface area contributed by atoms with Gasteiger partial charge in [0.15, 0.2) is 0 Å². The SMILES string of the molecule is Cl.N[C@@H]1CN(CC(=O)NCCc2ccc(OC(F)F)cc2)C[C@H]1c1ccccc1. The highest BCUT2D eigenvalue weighted by Gasteiger charge is 2.31. The molecule has 1 saturated heterocycles. The number of nitrogens with two attached hydrogens (primary N) is 1. The normalized spacial score (nSPS) is 19.0. The molecule has 3 rings (SSSR count). The minimum absolute atomic E-state index is 0. The second-order valence-corrected chi connectivity index (χ2v) is 7.00. The van der Waals surface area contributed by atoms with Crippen LogP contribution in [0.25, 0.3) is 0 Å². The minimum atomic E-state index is -2.83. The molecule has 0 aliphatic carbocycles. The van der Waals surface area contributed by atoms with E-state index in [0.717, 1.165) is 12.1 Å². The van der Waals surface area contributed by atoms with Gasteiger partial charge in [0, 0.05) is 31.6 Å². The summed E-state index contributed by atoms with van der Waals surface area (Å²) in [5.74, 6) is 0.322. The second-order valence-electron chi connectivity index (χ2n) is 7.00. The number of halogens is 3. The van der Waals surface area contributed by atoms with Gasteiger partial charge in [-0.2, -0.15) is 8.78 Å². The van der Waals surface area contributed by atoms with Gasteiger partial charge in [-0.1, -0.05) is 42.5 Å². The van der Waals surface area contributed by atoms with Crippen molar-refractivity contribution in [3.05, 3.63) is 65.7 Å². The smallest absolute Gasteiger partial charge is 0.387 e. The average Bonchev–Trinajstić information content (AvgIpc) is 3.03. The number of amides is 1. The monoisotopic (exact) mass is 425 g/mol. The van der Waals surface area contributed by atoms with Crippen molar-refractivity contribution in [2.24, 2.45) is 5.73 Å². The van der Waals surface area contributed by atoms with Crippen LogP contribution in [0.15, 0.2) is 54.6 Å². The van der Waals surface area contributed by atoms with Crippen LogP contribution in [0.3, 0.4) is 0 Å². The number of carbonyl (C=O) groups is 1. The number of nitrogens with zero attached hydrogens (tertiary/aromatic N) is 1. The van der Waals surface area contributed by atoms with Crippen molar-refractivity contribution in [1.82, 2.24) is 10.2 Å². The molecule has 3 N–H and O–H groups in total. The van der Waals surface area contributed by atoms with E-state index >= 15 is 0 Å². The van der Waals surface area contributed by atoms with Crippen LogP contribution in [0.5, 0.6) is 5.75 Å². The Balaban J connectivity index is 0.00000300. The van der Waals surface area contributed by atoms with Gasteiger partial charge in [0.25, 0.3) is 0 Å². The summed E-state index contributed by atoms with van der Waals surface area (Å²) >= 11 is 0. The summed E-state index contributed by atoms with van der Waals surface area (Å²) in [4.78, 5) is 14.3. The van der Waals surface area contributed by atoms with Crippen molar-refractivity contribution in [3.8, 4) is 5.75 Å². The summed E-state index contributed by atoms with van der Waals surface area (Å²) in [5, 5.41) is 2.90. The van der Waals surface area contributed by atoms with Crippen LogP contribution in [-0.2, 0) is 11.2 Å². The highest BCUT2D eigenvalue weighted by molar-refractivity contribution is 5.85. The van der Waals surface area contributed by atoms with Crippen molar-refractivity contribution >= 4 is 18.3 Å². The van der Waals surface area contributed by atoms with Crippen LogP contribution in [0, 0.1) is 0 Å². The summed E-state index contributed by atoms with van der Waals surface area (Å²) < 4.78 is 28.6. The Hall–Kier alpha value is -2.22. The molecule has 29 heavy (non-hydrogen) atoms. The van der Waals surface area contributed by atoms with E-state index in [1.54, 1.807) is 12.1 Å². The fraction of sp³-hybridized carbons (Fsp3) is 0.381. The van der Waals surface area contributed by atoms with Crippen molar-refractivity contribution in [2.75, 3.05) is 26.2 Å². The Labute approximate surface area is 175 Å². The molecular weight excluding hydrogens is 400 g/mol. The van der Waals surface area contributed by atoms with Crippen LogP contribution < -0.4 is 15.8 Å². The van der Waals surface area contributed by atoms with E-state index in [0.29, 0.717) is 26.1 Å². The average molecular weight is 426 g/mol. The van der Waals surface area contributed by atoms with Crippen LogP contribution >= 0.6 is 12.4 Å². The summed E-state index contributed by atoms with van der Waals surface area (Å²) in [6.07, 6.45) is 0.618. The first kappa shape index (κ1) is 23.1. The van der Waals surface area contributed by atoms with E-state index < -0.39 is 6.61 Å². The lowest BCUT2D eigenvalue weighted by Crippen LogP contribution is -2.38. The molecule has 1 amide bonds. The third-order valence-corrected chi connectivity index (χ3v) is 4.92. The van der Waals surface area contributed by atoms with Crippen molar-refractivity contribution in [3.63, 3.8) is 0 Å². The molecular formula is C21H26ClF2N3O2. The van der Waals surface area contributed by atoms with Crippen molar-refractivity contribution in [2.45, 2.75) is 25.0 Å². The van der Waals surface area contributed by atoms with Crippen LogP contribution in [-0.4, -0.2) is 49.6 Å². The van der Waals surface area contributed by atoms with Gasteiger partial charge in [0.1, 0.15) is 5.75 Å². The highest BCUT2D eigenvalue weighted by atomic mass is 35.5. The largest absolute Gasteiger partial charge is 0.435 e. The third kappa shape index (κ3) is 6.96. The molecule has 0 aromatic heterocycles. The maximum absolute atomic E-state index is 12.2. The molecule has 0 saturated carbocycles. The predicted molar refractivity (Wildman–Crippen MR) is 111 cm³/mol. The number of carbonyl (C=O) groups excluding carboxylic acids is 1. The van der Waals surface area contributed by atoms with Gasteiger partial charge < -0.3 is 15.8 Å². The first-order chi connectivity index (χ1) is 13.5. The minimum Gasteiger partial charge on any atom is -0.435 e. The van der Waals surface area contributed by atoms with Crippen LogP contribution in [0.4, 0.5) is 8.78 Å². The number of ether oxygens (including phenoxy) is 1. The number of benzene rings is 2. The van der Waals surface area contributed by atoms with Gasteiger partial charge in [0.05, 0.1) is 6.54 Å². The summed E-state index contributed by atoms with van der Waals surface area (Å²) in [6.45, 7) is -0.568. The highest BCUT2D eigenvalue weighted by Crippen LogP contribution is 2.25. The third-order valence-electron chi connectivity index (χ3n) is 4.92. The van der Waals surface area contributed by atoms with E-state index in [2.05, 4.69) is 27.1 Å². The molecule has 0 bridgehead atoms.